The summed E-state index contributed by atoms with van der Waals surface area (Å²) in [6.07, 6.45) is 1.59. The first-order valence-electron chi connectivity index (χ1n) is 9.02. The minimum atomic E-state index is -1.26. The van der Waals surface area contributed by atoms with Crippen molar-refractivity contribution in [3.05, 3.63) is 33.8 Å². The molecule has 0 aromatic carbocycles. The van der Waals surface area contributed by atoms with E-state index in [1.165, 1.54) is 33.6 Å². The molecule has 0 radical (unpaired) electrons. The molecule has 0 saturated carbocycles. The maximum Gasteiger partial charge on any atom is 0.352 e. The number of anilines is 1. The molecule has 1 fully saturated rings. The Morgan fingerprint density at radius 3 is 2.85 bits per heavy atom. The highest BCUT2D eigenvalue weighted by Gasteiger charge is 2.54. The lowest BCUT2D eigenvalue weighted by Gasteiger charge is -2.49. The quantitative estimate of drug-likeness (QED) is 0.122. The molecule has 33 heavy (non-hydrogen) atoms. The fourth-order valence-electron chi connectivity index (χ4n) is 3.09. The molecule has 2 atom stereocenters. The first-order valence-corrected chi connectivity index (χ1v) is 11.8. The largest absolute Gasteiger partial charge is 0.477 e. The molecule has 2 aromatic heterocycles. The molecule has 0 aliphatic carbocycles. The van der Waals surface area contributed by atoms with Gasteiger partial charge in [0.25, 0.3) is 11.8 Å². The Labute approximate surface area is 197 Å². The first-order chi connectivity index (χ1) is 15.8. The number of aromatic nitrogens is 5. The summed E-state index contributed by atoms with van der Waals surface area (Å²) in [5.41, 5.74) is 5.47. The van der Waals surface area contributed by atoms with E-state index in [4.69, 9.17) is 5.73 Å². The zero-order valence-electron chi connectivity index (χ0n) is 16.6. The average molecular weight is 510 g/mol. The number of aryl methyl sites for hydroxylation is 1. The van der Waals surface area contributed by atoms with Crippen LogP contribution in [0, 0.1) is 0 Å². The minimum Gasteiger partial charge on any atom is -0.477 e. The number of tetrazole rings is 1. The summed E-state index contributed by atoms with van der Waals surface area (Å²) >= 11 is 3.55. The number of carbonyl (C=O) groups is 3. The second-order valence-corrected chi connectivity index (χ2v) is 9.43. The third-order valence-electron chi connectivity index (χ3n) is 4.59. The Morgan fingerprint density at radius 2 is 2.24 bits per heavy atom. The van der Waals surface area contributed by atoms with Gasteiger partial charge in [-0.2, -0.15) is 0 Å². The van der Waals surface area contributed by atoms with Crippen LogP contribution in [-0.4, -0.2) is 81.1 Å². The number of amides is 2. The number of carboxylic acid groups (broad SMARTS) is 1. The molecule has 2 aliphatic rings. The molecule has 0 spiro atoms. The van der Waals surface area contributed by atoms with Crippen LogP contribution in [0.5, 0.6) is 0 Å². The van der Waals surface area contributed by atoms with Gasteiger partial charge in [0.05, 0.1) is 0 Å². The number of nitrogens with two attached hydrogens (primary N) is 1. The van der Waals surface area contributed by atoms with Crippen LogP contribution in [0.25, 0.3) is 0 Å². The van der Waals surface area contributed by atoms with Gasteiger partial charge in [0.15, 0.2) is 10.8 Å². The Balaban J connectivity index is 1.49. The van der Waals surface area contributed by atoms with E-state index in [1.807, 2.05) is 0 Å². The molecule has 0 bridgehead atoms. The smallest absolute Gasteiger partial charge is 0.352 e. The van der Waals surface area contributed by atoms with Crippen molar-refractivity contribution >= 4 is 63.5 Å². The zero-order valence-corrected chi connectivity index (χ0v) is 19.1. The number of carbonyl (C=O) groups excluding carboxylic acids is 2. The summed E-state index contributed by atoms with van der Waals surface area (Å²) < 4.78 is 1.46. The van der Waals surface area contributed by atoms with Crippen LogP contribution in [0.15, 0.2) is 38.4 Å². The molecule has 4 rings (SSSR count). The van der Waals surface area contributed by atoms with Gasteiger partial charge in [0.1, 0.15) is 22.8 Å². The van der Waals surface area contributed by atoms with Gasteiger partial charge >= 0.3 is 5.97 Å². The predicted octanol–water partition coefficient (Wildman–Crippen LogP) is -0.528. The van der Waals surface area contributed by atoms with E-state index < -0.39 is 34.9 Å². The Morgan fingerprint density at radius 1 is 1.45 bits per heavy atom. The number of hydrogen-bond acceptors (Lipinski definition) is 13. The van der Waals surface area contributed by atoms with E-state index in [1.54, 1.807) is 18.5 Å². The molecular weight excluding hydrogens is 494 g/mol. The van der Waals surface area contributed by atoms with Crippen molar-refractivity contribution in [1.29, 1.82) is 0 Å². The van der Waals surface area contributed by atoms with Gasteiger partial charge in [-0.05, 0) is 27.5 Å². The van der Waals surface area contributed by atoms with Gasteiger partial charge in [-0.1, -0.05) is 16.9 Å². The molecule has 1 saturated heterocycles. The maximum atomic E-state index is 12.8. The summed E-state index contributed by atoms with van der Waals surface area (Å²) in [5, 5.41) is 38.6. The van der Waals surface area contributed by atoms with Crippen molar-refractivity contribution in [2.24, 2.45) is 12.2 Å². The van der Waals surface area contributed by atoms with Crippen LogP contribution in [0.1, 0.15) is 5.69 Å². The second-order valence-electron chi connectivity index (χ2n) is 6.57. The lowest BCUT2D eigenvalue weighted by Crippen LogP contribution is -2.71. The molecular formula is C16H15N9O5S3. The molecule has 2 unspecified atom stereocenters. The number of oxime groups is 1. The molecule has 17 heteroatoms. The Hall–Kier alpha value is -3.44. The fourth-order valence-corrected chi connectivity index (χ4v) is 5.58. The van der Waals surface area contributed by atoms with E-state index in [0.717, 1.165) is 16.2 Å². The van der Waals surface area contributed by atoms with Crippen molar-refractivity contribution in [2.75, 3.05) is 11.5 Å². The number of thiazole rings is 1. The highest BCUT2D eigenvalue weighted by Crippen LogP contribution is 2.41. The van der Waals surface area contributed by atoms with Crippen molar-refractivity contribution in [3.63, 3.8) is 0 Å². The third-order valence-corrected chi connectivity index (χ3v) is 7.40. The number of hydrogen-bond donors (Lipinski definition) is 4. The van der Waals surface area contributed by atoms with Crippen LogP contribution in [-0.2, 0) is 21.4 Å². The van der Waals surface area contributed by atoms with E-state index >= 15 is 0 Å². The molecule has 172 valence electrons. The van der Waals surface area contributed by atoms with Gasteiger partial charge in [0.2, 0.25) is 5.16 Å². The number of aliphatic carboxylic acids is 1. The monoisotopic (exact) mass is 509 g/mol. The van der Waals surface area contributed by atoms with E-state index in [9.17, 15) is 24.7 Å². The lowest BCUT2D eigenvalue weighted by molar-refractivity contribution is -0.150. The summed E-state index contributed by atoms with van der Waals surface area (Å²) in [6.45, 7) is 0. The molecule has 4 heterocycles. The van der Waals surface area contributed by atoms with Crippen molar-refractivity contribution in [1.82, 2.24) is 35.4 Å². The number of allylic oxidation sites excluding steroid dienone is 1. The van der Waals surface area contributed by atoms with Crippen LogP contribution < -0.4 is 11.1 Å². The second kappa shape index (κ2) is 9.20. The van der Waals surface area contributed by atoms with Crippen LogP contribution in [0.4, 0.5) is 5.13 Å². The molecule has 2 aromatic rings. The van der Waals surface area contributed by atoms with Crippen LogP contribution >= 0.6 is 34.9 Å². The normalized spacial score (nSPS) is 20.7. The highest BCUT2D eigenvalue weighted by atomic mass is 32.2. The first kappa shape index (κ1) is 22.7. The predicted molar refractivity (Wildman–Crippen MR) is 118 cm³/mol. The minimum absolute atomic E-state index is 0.0617. The number of β-lactam (4-membered cyclic amide) rings is 1. The van der Waals surface area contributed by atoms with Gasteiger partial charge < -0.3 is 21.4 Å². The molecule has 2 aliphatic heterocycles. The maximum absolute atomic E-state index is 12.8. The number of nitrogens with zero attached hydrogens (tertiary/aromatic N) is 7. The van der Waals surface area contributed by atoms with Crippen LogP contribution in [0.3, 0.4) is 0 Å². The number of rotatable bonds is 7. The SMILES string of the molecule is Cn1nnnc1SC=CC1=C(C(=O)O)N2C(=O)C(NC(=O)C(=NO)c3csc(N)n3)C2SC1. The Kier molecular flexibility index (Phi) is 6.34. The van der Waals surface area contributed by atoms with E-state index in [-0.39, 0.29) is 16.5 Å². The highest BCUT2D eigenvalue weighted by molar-refractivity contribution is 8.02. The van der Waals surface area contributed by atoms with E-state index in [0.29, 0.717) is 16.5 Å². The summed E-state index contributed by atoms with van der Waals surface area (Å²) in [6, 6.07) is -0.991. The number of carboxylic acids is 1. The third kappa shape index (κ3) is 4.29. The number of fused-ring (bicyclic) bond motifs is 1. The number of nitrogen functional groups attached to an aromatic ring is 1. The van der Waals surface area contributed by atoms with Crippen molar-refractivity contribution < 1.29 is 24.7 Å². The molecule has 2 amide bonds. The standard InChI is InChI=1S/C16H15N9O5S3/c1-24-16(20-22-23-24)31-3-2-6-4-32-13-9(12(27)25(13)10(6)14(28)29)19-11(26)8(21-30)7-5-33-15(17)18-7/h2-3,5,9,13,30H,4H2,1H3,(H2,17,18)(H,19,26)(H,28,29). The topological polar surface area (TPSA) is 202 Å². The average Bonchev–Trinajstić information content (AvgIpc) is 3.39. The summed E-state index contributed by atoms with van der Waals surface area (Å²) in [7, 11) is 1.67. The summed E-state index contributed by atoms with van der Waals surface area (Å²) in [4.78, 5) is 42.2. The zero-order chi connectivity index (χ0) is 23.7. The molecule has 14 nitrogen and oxygen atoms in total. The van der Waals surface area contributed by atoms with Gasteiger partial charge in [-0.25, -0.2) is 14.5 Å². The Bertz CT molecular complexity index is 1220. The molecule has 5 N–H and O–H groups in total. The fraction of sp³-hybridized carbons (Fsp3) is 0.250. The van der Waals surface area contributed by atoms with E-state index in [2.05, 4.69) is 31.0 Å². The number of thioether (sulfide) groups is 2. The van der Waals surface area contributed by atoms with Crippen LogP contribution in [0.2, 0.25) is 0 Å². The van der Waals surface area contributed by atoms with Gasteiger partial charge in [-0.15, -0.1) is 28.2 Å². The van der Waals surface area contributed by atoms with Gasteiger partial charge in [-0.3, -0.25) is 14.5 Å². The van der Waals surface area contributed by atoms with Crippen molar-refractivity contribution in [3.8, 4) is 0 Å². The number of nitrogens with one attached hydrogen (secondary N) is 1. The van der Waals surface area contributed by atoms with Gasteiger partial charge in [0, 0.05) is 18.2 Å². The lowest BCUT2D eigenvalue weighted by atomic mass is 10.0. The summed E-state index contributed by atoms with van der Waals surface area (Å²) in [5.74, 6) is -2.40. The van der Waals surface area contributed by atoms with Crippen molar-refractivity contribution in [2.45, 2.75) is 16.6 Å².